The molecule has 2 aliphatic rings. The van der Waals surface area contributed by atoms with E-state index in [4.69, 9.17) is 11.5 Å². The van der Waals surface area contributed by atoms with Crippen LogP contribution in [0.1, 0.15) is 27.0 Å². The molecule has 0 saturated carbocycles. The largest absolute Gasteiger partial charge is 0.478 e. The van der Waals surface area contributed by atoms with E-state index in [0.29, 0.717) is 22.6 Å². The third-order valence-electron chi connectivity index (χ3n) is 8.55. The molecule has 4 aromatic rings. The van der Waals surface area contributed by atoms with E-state index in [-0.39, 0.29) is 28.2 Å². The van der Waals surface area contributed by atoms with Gasteiger partial charge in [-0.3, -0.25) is 29.5 Å². The lowest BCUT2D eigenvalue weighted by Crippen LogP contribution is -2.27. The number of carboxylic acid groups (broad SMARTS) is 1. The van der Waals surface area contributed by atoms with E-state index in [2.05, 4.69) is 31.3 Å². The van der Waals surface area contributed by atoms with E-state index in [1.54, 1.807) is 31.2 Å². The number of carbonyl (C=O) groups is 3. The monoisotopic (exact) mass is 810 g/mol. The van der Waals surface area contributed by atoms with Crippen molar-refractivity contribution in [2.45, 2.75) is 18.7 Å². The number of hydrogen-bond acceptors (Lipinski definition) is 15. The van der Waals surface area contributed by atoms with E-state index in [1.807, 2.05) is 19.1 Å². The molecule has 290 valence electrons. The predicted octanol–water partition coefficient (Wildman–Crippen LogP) is 5.61. The Kier molecular flexibility index (Phi) is 10.5. The second kappa shape index (κ2) is 15.2. The average Bonchev–Trinajstić information content (AvgIpc) is 3.13. The molecule has 20 heteroatoms. The van der Waals surface area contributed by atoms with Gasteiger partial charge in [0.2, 0.25) is 5.78 Å². The topological polar surface area (TPSA) is 306 Å². The molecule has 0 saturated heterocycles. The molecule has 0 aliphatic heterocycles. The van der Waals surface area contributed by atoms with Crippen LogP contribution in [0.4, 0.5) is 34.1 Å². The van der Waals surface area contributed by atoms with Crippen molar-refractivity contribution in [2.24, 2.45) is 20.4 Å². The van der Waals surface area contributed by atoms with Gasteiger partial charge in [-0.2, -0.15) is 27.0 Å². The molecular formula is C37H30N8O10S2. The number of nitrogen functional groups attached to an aromatic ring is 2. The van der Waals surface area contributed by atoms with Gasteiger partial charge in [0, 0.05) is 5.69 Å². The van der Waals surface area contributed by atoms with Crippen LogP contribution in [0.5, 0.6) is 0 Å². The number of hydrazone groups is 2. The van der Waals surface area contributed by atoms with Crippen LogP contribution in [-0.4, -0.2) is 60.0 Å². The first-order valence-electron chi connectivity index (χ1n) is 16.3. The Bertz CT molecular complexity index is 2860. The molecular weight excluding hydrogens is 781 g/mol. The minimum atomic E-state index is -5.14. The van der Waals surface area contributed by atoms with Gasteiger partial charge in [-0.1, -0.05) is 12.1 Å². The van der Waals surface area contributed by atoms with Gasteiger partial charge in [-0.15, -0.1) is 10.2 Å². The normalized spacial score (nSPS) is 15.8. The van der Waals surface area contributed by atoms with Crippen LogP contribution >= 0.6 is 0 Å². The van der Waals surface area contributed by atoms with Gasteiger partial charge in [0.05, 0.1) is 38.9 Å². The van der Waals surface area contributed by atoms with Crippen molar-refractivity contribution in [2.75, 3.05) is 22.3 Å². The van der Waals surface area contributed by atoms with Gasteiger partial charge in [-0.25, -0.2) is 4.79 Å². The Hall–Kier alpha value is -7.13. The minimum Gasteiger partial charge on any atom is -0.478 e. The minimum absolute atomic E-state index is 0.0988. The smallest absolute Gasteiger partial charge is 0.339 e. The van der Waals surface area contributed by atoms with E-state index in [1.165, 1.54) is 30.4 Å². The summed E-state index contributed by atoms with van der Waals surface area (Å²) in [6.45, 7) is 3.55. The summed E-state index contributed by atoms with van der Waals surface area (Å²) in [7, 11) is -10.0. The highest BCUT2D eigenvalue weighted by molar-refractivity contribution is 7.91. The second-order valence-electron chi connectivity index (χ2n) is 12.6. The molecule has 0 atom stereocenters. The zero-order valence-corrected chi connectivity index (χ0v) is 31.3. The number of azo groups is 1. The molecule has 0 aromatic heterocycles. The Labute approximate surface area is 324 Å². The first kappa shape index (κ1) is 39.6. The van der Waals surface area contributed by atoms with Gasteiger partial charge in [0.1, 0.15) is 16.2 Å². The van der Waals surface area contributed by atoms with E-state index in [9.17, 15) is 45.4 Å². The molecule has 9 N–H and O–H groups in total. The van der Waals surface area contributed by atoms with Gasteiger partial charge in [0.25, 0.3) is 20.2 Å². The number of fused-ring (bicyclic) bond motifs is 1. The lowest BCUT2D eigenvalue weighted by atomic mass is 9.93. The van der Waals surface area contributed by atoms with Crippen LogP contribution in [0.15, 0.2) is 121 Å². The number of hydrogen-bond donors (Lipinski definition) is 7. The number of carboxylic acids is 1. The van der Waals surface area contributed by atoms with Crippen molar-refractivity contribution in [3.8, 4) is 11.1 Å². The molecule has 0 heterocycles. The van der Waals surface area contributed by atoms with Crippen molar-refractivity contribution in [1.82, 2.24) is 0 Å². The number of carbonyl (C=O) groups excluding carboxylic acids is 2. The van der Waals surface area contributed by atoms with Crippen molar-refractivity contribution in [1.29, 1.82) is 0 Å². The standard InChI is InChI=1S/C37H30N8O10S2/c1-18-11-20(3-7-28(18)41-40-24-6-10-32(46)26(16-24)37(48)49)21-4-8-29(19(2)12-21)42-45-35-33(57(53,54)55)14-22-13-25(56(50,51)52)17-31(34(22)36(35)47)44-43-30-9-5-23(38)15-27(30)39/h3-17,41-42H,38-39H2,1-2H3,(H,48,49)(H,50,51,52)(H,53,54,55)/b40-24-,44-43?,45-35+. The summed E-state index contributed by atoms with van der Waals surface area (Å²) in [5.41, 5.74) is 19.7. The number of Topliss-reactive ketones (excluding diaryl/α,β-unsaturated/α-hetero) is 1. The van der Waals surface area contributed by atoms with Crippen LogP contribution in [0.2, 0.25) is 0 Å². The lowest BCUT2D eigenvalue weighted by molar-refractivity contribution is -0.134. The third kappa shape index (κ3) is 8.58. The highest BCUT2D eigenvalue weighted by Gasteiger charge is 2.36. The molecule has 4 aromatic carbocycles. The maximum absolute atomic E-state index is 14.0. The van der Waals surface area contributed by atoms with Gasteiger partial charge >= 0.3 is 5.97 Å². The first-order chi connectivity index (χ1) is 26.8. The molecule has 2 aliphatic carbocycles. The van der Waals surface area contributed by atoms with E-state index in [0.717, 1.165) is 41.0 Å². The highest BCUT2D eigenvalue weighted by atomic mass is 32.2. The lowest BCUT2D eigenvalue weighted by Gasteiger charge is -2.18. The summed E-state index contributed by atoms with van der Waals surface area (Å²) in [6.07, 6.45) is 4.50. The van der Waals surface area contributed by atoms with Crippen LogP contribution in [0, 0.1) is 13.8 Å². The zero-order chi connectivity index (χ0) is 41.4. The number of rotatable bonds is 10. The molecule has 0 amide bonds. The van der Waals surface area contributed by atoms with E-state index >= 15 is 0 Å². The number of ketones is 2. The van der Waals surface area contributed by atoms with Crippen LogP contribution < -0.4 is 22.3 Å². The Balaban J connectivity index is 1.30. The number of benzene rings is 4. The van der Waals surface area contributed by atoms with Gasteiger partial charge in [-0.05, 0) is 121 Å². The molecule has 0 radical (unpaired) electrons. The fraction of sp³-hybridized carbons (Fsp3) is 0.0541. The molecule has 0 bridgehead atoms. The summed E-state index contributed by atoms with van der Waals surface area (Å²) < 4.78 is 69.2. The van der Waals surface area contributed by atoms with Crippen molar-refractivity contribution in [3.63, 3.8) is 0 Å². The number of nitrogens with one attached hydrogen (secondary N) is 2. The van der Waals surface area contributed by atoms with E-state index < -0.39 is 64.5 Å². The van der Waals surface area contributed by atoms with Crippen LogP contribution in [0.3, 0.4) is 0 Å². The average molecular weight is 811 g/mol. The SMILES string of the molecule is Cc1cc(-c2ccc(N/N=C3/C(=O)c4c(cc(S(=O)(=O)O)cc4N=Nc4ccc(N)cc4N)C=C3S(=O)(=O)O)c(C)c2)ccc1N/N=C1/C=CC(=O)C(C(=O)O)=C1. The quantitative estimate of drug-likeness (QED) is 0.0256. The predicted molar refractivity (Wildman–Crippen MR) is 213 cm³/mol. The zero-order valence-electron chi connectivity index (χ0n) is 29.6. The van der Waals surface area contributed by atoms with Gasteiger partial charge < -0.3 is 16.6 Å². The fourth-order valence-corrected chi connectivity index (χ4v) is 6.85. The number of nitrogens with two attached hydrogens (primary N) is 2. The summed E-state index contributed by atoms with van der Waals surface area (Å²) in [5.74, 6) is -3.07. The molecule has 6 rings (SSSR count). The van der Waals surface area contributed by atoms with Crippen molar-refractivity contribution < 1.29 is 45.4 Å². The molecule has 0 fully saturated rings. The van der Waals surface area contributed by atoms with Crippen molar-refractivity contribution >= 4 is 89.4 Å². The molecule has 0 unspecified atom stereocenters. The van der Waals surface area contributed by atoms with Crippen LogP contribution in [-0.2, 0) is 29.8 Å². The first-order valence-corrected chi connectivity index (χ1v) is 19.2. The maximum Gasteiger partial charge on any atom is 0.339 e. The highest BCUT2D eigenvalue weighted by Crippen LogP contribution is 2.37. The number of aryl methyl sites for hydroxylation is 2. The number of nitrogens with zero attached hydrogens (tertiary/aromatic N) is 4. The number of aliphatic carboxylic acids is 1. The second-order valence-corrected chi connectivity index (χ2v) is 15.4. The Morgan fingerprint density at radius 3 is 1.89 bits per heavy atom. The summed E-state index contributed by atoms with van der Waals surface area (Å²) in [6, 6.07) is 16.6. The molecule has 57 heavy (non-hydrogen) atoms. The fourth-order valence-electron chi connectivity index (χ4n) is 5.66. The molecule has 18 nitrogen and oxygen atoms in total. The number of anilines is 4. The number of allylic oxidation sites excluding steroid dienone is 4. The third-order valence-corrected chi connectivity index (χ3v) is 10.2. The summed E-state index contributed by atoms with van der Waals surface area (Å²) >= 11 is 0. The molecule has 0 spiro atoms. The van der Waals surface area contributed by atoms with Crippen LogP contribution in [0.25, 0.3) is 17.2 Å². The Morgan fingerprint density at radius 2 is 1.33 bits per heavy atom. The van der Waals surface area contributed by atoms with Crippen molar-refractivity contribution in [3.05, 3.63) is 118 Å². The Morgan fingerprint density at radius 1 is 0.719 bits per heavy atom. The maximum atomic E-state index is 14.0. The summed E-state index contributed by atoms with van der Waals surface area (Å²) in [5, 5.41) is 25.4. The van der Waals surface area contributed by atoms with Gasteiger partial charge in [0.15, 0.2) is 11.5 Å². The summed E-state index contributed by atoms with van der Waals surface area (Å²) in [4.78, 5) is 35.3.